The van der Waals surface area contributed by atoms with Crippen LogP contribution in [0.1, 0.15) is 18.5 Å². The van der Waals surface area contributed by atoms with Gasteiger partial charge in [0.1, 0.15) is 11.9 Å². The molecule has 1 aromatic carbocycles. The van der Waals surface area contributed by atoms with Crippen molar-refractivity contribution in [1.29, 1.82) is 0 Å². The van der Waals surface area contributed by atoms with E-state index in [0.29, 0.717) is 22.8 Å². The Morgan fingerprint density at radius 3 is 2.75 bits per heavy atom. The average Bonchev–Trinajstić information content (AvgIpc) is 2.85. The molecule has 1 aromatic heterocycles. The van der Waals surface area contributed by atoms with Crippen LogP contribution in [0.15, 0.2) is 35.5 Å². The molecule has 0 fully saturated rings. The van der Waals surface area contributed by atoms with Crippen molar-refractivity contribution >= 4 is 11.9 Å². The molecule has 0 spiro atoms. The summed E-state index contributed by atoms with van der Waals surface area (Å²) in [6, 6.07) is 5.21. The van der Waals surface area contributed by atoms with Crippen molar-refractivity contribution in [2.24, 2.45) is 5.73 Å². The zero-order chi connectivity index (χ0) is 14.3. The van der Waals surface area contributed by atoms with Gasteiger partial charge in [0.15, 0.2) is 0 Å². The summed E-state index contributed by atoms with van der Waals surface area (Å²) >= 11 is 0. The van der Waals surface area contributed by atoms with Gasteiger partial charge in [-0.15, -0.1) is 0 Å². The number of tetrazole rings is 1. The van der Waals surface area contributed by atoms with Crippen LogP contribution in [0.25, 0.3) is 0 Å². The number of nitrogens with two attached hydrogens (primary N) is 1. The molecule has 1 aliphatic rings. The van der Waals surface area contributed by atoms with Gasteiger partial charge in [0.2, 0.25) is 11.9 Å². The summed E-state index contributed by atoms with van der Waals surface area (Å²) in [6.07, 6.45) is 0. The van der Waals surface area contributed by atoms with Gasteiger partial charge in [-0.2, -0.15) is 4.68 Å². The van der Waals surface area contributed by atoms with E-state index in [0.717, 1.165) is 0 Å². The Hall–Kier alpha value is -2.77. The van der Waals surface area contributed by atoms with E-state index in [4.69, 9.17) is 5.73 Å². The quantitative estimate of drug-likeness (QED) is 0.835. The number of benzene rings is 1. The highest BCUT2D eigenvalue weighted by Gasteiger charge is 2.32. The topological polar surface area (TPSA) is 98.7 Å². The van der Waals surface area contributed by atoms with Gasteiger partial charge in [0.05, 0.1) is 5.57 Å². The number of allylic oxidation sites excluding steroid dienone is 1. The van der Waals surface area contributed by atoms with Crippen LogP contribution in [0.4, 0.5) is 10.3 Å². The third kappa shape index (κ3) is 1.81. The predicted molar refractivity (Wildman–Crippen MR) is 67.9 cm³/mol. The Balaban J connectivity index is 2.19. The third-order valence-electron chi connectivity index (χ3n) is 3.17. The average molecular weight is 274 g/mol. The van der Waals surface area contributed by atoms with Gasteiger partial charge in [0, 0.05) is 5.70 Å². The molecule has 1 aliphatic heterocycles. The van der Waals surface area contributed by atoms with Crippen LogP contribution < -0.4 is 11.1 Å². The minimum atomic E-state index is -0.578. The van der Waals surface area contributed by atoms with Gasteiger partial charge >= 0.3 is 0 Å². The second-order valence-corrected chi connectivity index (χ2v) is 4.43. The molecule has 1 amide bonds. The van der Waals surface area contributed by atoms with E-state index in [2.05, 4.69) is 20.8 Å². The summed E-state index contributed by atoms with van der Waals surface area (Å²) in [5.41, 5.74) is 7.05. The molecule has 0 radical (unpaired) electrons. The van der Waals surface area contributed by atoms with Crippen LogP contribution in [-0.2, 0) is 4.79 Å². The fourth-order valence-electron chi connectivity index (χ4n) is 2.28. The molecule has 0 aliphatic carbocycles. The summed E-state index contributed by atoms with van der Waals surface area (Å²) in [6.45, 7) is 1.72. The van der Waals surface area contributed by atoms with Gasteiger partial charge in [-0.25, -0.2) is 4.39 Å². The first-order chi connectivity index (χ1) is 9.58. The zero-order valence-corrected chi connectivity index (χ0v) is 10.5. The van der Waals surface area contributed by atoms with E-state index in [1.54, 1.807) is 19.1 Å². The Labute approximate surface area is 113 Å². The molecule has 2 aromatic rings. The first kappa shape index (κ1) is 12.3. The maximum Gasteiger partial charge on any atom is 0.248 e. The number of halogens is 1. The molecule has 0 saturated heterocycles. The summed E-state index contributed by atoms with van der Waals surface area (Å²) in [5, 5.41) is 14.2. The number of amides is 1. The van der Waals surface area contributed by atoms with E-state index in [1.807, 2.05) is 0 Å². The molecule has 3 N–H and O–H groups in total. The van der Waals surface area contributed by atoms with E-state index in [1.165, 1.54) is 16.8 Å². The van der Waals surface area contributed by atoms with Gasteiger partial charge < -0.3 is 11.1 Å². The molecular formula is C12H11FN6O. The second kappa shape index (κ2) is 4.41. The van der Waals surface area contributed by atoms with E-state index < -0.39 is 11.9 Å². The van der Waals surface area contributed by atoms with Gasteiger partial charge in [-0.3, -0.25) is 4.79 Å². The number of carbonyl (C=O) groups is 1. The SMILES string of the molecule is CC1=C(C(N)=O)C(c2ccc(F)cc2)n2nnnc2N1. The molecule has 20 heavy (non-hydrogen) atoms. The number of nitrogens with one attached hydrogen (secondary N) is 1. The molecular weight excluding hydrogens is 263 g/mol. The van der Waals surface area contributed by atoms with Gasteiger partial charge in [-0.1, -0.05) is 17.2 Å². The first-order valence-corrected chi connectivity index (χ1v) is 5.89. The number of fused-ring (bicyclic) bond motifs is 1. The lowest BCUT2D eigenvalue weighted by molar-refractivity contribution is -0.115. The maximum atomic E-state index is 13.1. The van der Waals surface area contributed by atoms with E-state index >= 15 is 0 Å². The summed E-state index contributed by atoms with van der Waals surface area (Å²) in [7, 11) is 0. The highest BCUT2D eigenvalue weighted by atomic mass is 19.1. The van der Waals surface area contributed by atoms with E-state index in [9.17, 15) is 9.18 Å². The monoisotopic (exact) mass is 274 g/mol. The number of hydrogen-bond acceptors (Lipinski definition) is 5. The molecule has 1 atom stereocenters. The summed E-state index contributed by atoms with van der Waals surface area (Å²) in [4.78, 5) is 11.7. The standard InChI is InChI=1S/C12H11FN6O/c1-6-9(11(14)20)10(7-2-4-8(13)5-3-7)19-12(15-6)16-17-18-19/h2-5,10H,1H3,(H2,14,20)(H,15,16,18). The lowest BCUT2D eigenvalue weighted by Gasteiger charge is -2.26. The van der Waals surface area contributed by atoms with Crippen molar-refractivity contribution in [3.8, 4) is 0 Å². The van der Waals surface area contributed by atoms with Crippen LogP contribution in [0.5, 0.6) is 0 Å². The van der Waals surface area contributed by atoms with Crippen molar-refractivity contribution in [2.45, 2.75) is 13.0 Å². The Morgan fingerprint density at radius 1 is 1.40 bits per heavy atom. The number of rotatable bonds is 2. The fraction of sp³-hybridized carbons (Fsp3) is 0.167. The highest BCUT2D eigenvalue weighted by Crippen LogP contribution is 2.33. The number of carbonyl (C=O) groups excluding carboxylic acids is 1. The molecule has 0 bridgehead atoms. The Bertz CT molecular complexity index is 705. The van der Waals surface area contributed by atoms with Crippen molar-refractivity contribution in [3.05, 3.63) is 46.9 Å². The van der Waals surface area contributed by atoms with Crippen molar-refractivity contribution in [2.75, 3.05) is 5.32 Å². The minimum Gasteiger partial charge on any atom is -0.366 e. The van der Waals surface area contributed by atoms with Crippen molar-refractivity contribution in [3.63, 3.8) is 0 Å². The number of aromatic nitrogens is 4. The molecule has 1 unspecified atom stereocenters. The van der Waals surface area contributed by atoms with E-state index in [-0.39, 0.29) is 5.82 Å². The number of hydrogen-bond donors (Lipinski definition) is 2. The van der Waals surface area contributed by atoms with Crippen LogP contribution in [0.3, 0.4) is 0 Å². The number of anilines is 1. The molecule has 2 heterocycles. The maximum absolute atomic E-state index is 13.1. The Kier molecular flexibility index (Phi) is 2.70. The Morgan fingerprint density at radius 2 is 2.10 bits per heavy atom. The predicted octanol–water partition coefficient (Wildman–Crippen LogP) is 0.586. The number of nitrogens with zero attached hydrogens (tertiary/aromatic N) is 4. The lowest BCUT2D eigenvalue weighted by atomic mass is 9.95. The van der Waals surface area contributed by atoms with Crippen molar-refractivity contribution < 1.29 is 9.18 Å². The highest BCUT2D eigenvalue weighted by molar-refractivity contribution is 5.95. The van der Waals surface area contributed by atoms with Crippen molar-refractivity contribution in [1.82, 2.24) is 20.2 Å². The zero-order valence-electron chi connectivity index (χ0n) is 10.5. The first-order valence-electron chi connectivity index (χ1n) is 5.89. The lowest BCUT2D eigenvalue weighted by Crippen LogP contribution is -2.31. The number of primary amides is 1. The van der Waals surface area contributed by atoms with Crippen LogP contribution >= 0.6 is 0 Å². The molecule has 7 nitrogen and oxygen atoms in total. The van der Waals surface area contributed by atoms with Gasteiger partial charge in [-0.05, 0) is 35.0 Å². The summed E-state index contributed by atoms with van der Waals surface area (Å²) in [5.74, 6) is -0.534. The molecule has 102 valence electrons. The molecule has 8 heteroatoms. The molecule has 0 saturated carbocycles. The fourth-order valence-corrected chi connectivity index (χ4v) is 2.28. The normalized spacial score (nSPS) is 17.6. The summed E-state index contributed by atoms with van der Waals surface area (Å²) < 4.78 is 14.5. The third-order valence-corrected chi connectivity index (χ3v) is 3.17. The van der Waals surface area contributed by atoms with Crippen LogP contribution in [-0.4, -0.2) is 26.1 Å². The van der Waals surface area contributed by atoms with Crippen LogP contribution in [0.2, 0.25) is 0 Å². The molecule has 3 rings (SSSR count). The largest absolute Gasteiger partial charge is 0.366 e. The smallest absolute Gasteiger partial charge is 0.248 e. The van der Waals surface area contributed by atoms with Crippen LogP contribution in [0, 0.1) is 5.82 Å². The minimum absolute atomic E-state index is 0.344. The second-order valence-electron chi connectivity index (χ2n) is 4.43. The van der Waals surface area contributed by atoms with Gasteiger partial charge in [0.25, 0.3) is 0 Å².